The minimum atomic E-state index is -2.86. The van der Waals surface area contributed by atoms with Gasteiger partial charge in [-0.2, -0.15) is 8.78 Å². The fraction of sp³-hybridized carbons (Fsp3) is 0.647. The van der Waals surface area contributed by atoms with E-state index in [1.54, 1.807) is 18.2 Å². The molecule has 0 amide bonds. The van der Waals surface area contributed by atoms with E-state index in [1.807, 2.05) is 25.7 Å². The monoisotopic (exact) mass is 298 g/mol. The summed E-state index contributed by atoms with van der Waals surface area (Å²) in [5.74, 6) is -2.86. The minimum Gasteiger partial charge on any atom is -0.329 e. The number of nitrogens with zero attached hydrogens (tertiary/aromatic N) is 1. The standard InChI is InChI=1S/C17H28F2N2/c1-4-12-21(16(5-2,6-3)13-20)14-17(18,19)15-10-8-7-9-11-15/h7-11H,4-6,12-14,20H2,1-3H3. The van der Waals surface area contributed by atoms with Crippen LogP contribution in [0.1, 0.15) is 45.6 Å². The smallest absolute Gasteiger partial charge is 0.285 e. The fourth-order valence-electron chi connectivity index (χ4n) is 2.88. The van der Waals surface area contributed by atoms with Crippen molar-refractivity contribution in [3.8, 4) is 0 Å². The van der Waals surface area contributed by atoms with E-state index in [0.29, 0.717) is 13.1 Å². The van der Waals surface area contributed by atoms with Gasteiger partial charge in [-0.3, -0.25) is 4.90 Å². The molecule has 0 atom stereocenters. The number of rotatable bonds is 9. The molecule has 0 spiro atoms. The molecule has 0 saturated carbocycles. The average molecular weight is 298 g/mol. The second-order valence-corrected chi connectivity index (χ2v) is 5.63. The highest BCUT2D eigenvalue weighted by Crippen LogP contribution is 2.33. The molecule has 0 aliphatic carbocycles. The second kappa shape index (κ2) is 7.85. The van der Waals surface area contributed by atoms with Crippen LogP contribution in [0.25, 0.3) is 0 Å². The van der Waals surface area contributed by atoms with Gasteiger partial charge < -0.3 is 5.73 Å². The molecular weight excluding hydrogens is 270 g/mol. The van der Waals surface area contributed by atoms with E-state index in [0.717, 1.165) is 19.3 Å². The van der Waals surface area contributed by atoms with Crippen LogP contribution in [-0.4, -0.2) is 30.1 Å². The van der Waals surface area contributed by atoms with E-state index in [4.69, 9.17) is 5.73 Å². The van der Waals surface area contributed by atoms with Gasteiger partial charge in [0.2, 0.25) is 0 Å². The Morgan fingerprint density at radius 2 is 1.62 bits per heavy atom. The highest BCUT2D eigenvalue weighted by molar-refractivity contribution is 5.20. The van der Waals surface area contributed by atoms with Crippen molar-refractivity contribution in [2.75, 3.05) is 19.6 Å². The Bertz CT molecular complexity index is 394. The van der Waals surface area contributed by atoms with Crippen molar-refractivity contribution in [3.05, 3.63) is 35.9 Å². The van der Waals surface area contributed by atoms with Gasteiger partial charge in [-0.25, -0.2) is 0 Å². The zero-order chi connectivity index (χ0) is 15.9. The average Bonchev–Trinajstić information content (AvgIpc) is 2.50. The molecule has 0 bridgehead atoms. The summed E-state index contributed by atoms with van der Waals surface area (Å²) in [6, 6.07) is 8.05. The lowest BCUT2D eigenvalue weighted by Gasteiger charge is -2.44. The van der Waals surface area contributed by atoms with Crippen molar-refractivity contribution < 1.29 is 8.78 Å². The Kier molecular flexibility index (Phi) is 6.75. The molecule has 1 aromatic carbocycles. The fourth-order valence-corrected chi connectivity index (χ4v) is 2.88. The molecule has 0 aliphatic heterocycles. The first kappa shape index (κ1) is 18.1. The quantitative estimate of drug-likeness (QED) is 0.746. The summed E-state index contributed by atoms with van der Waals surface area (Å²) in [6.45, 7) is 6.84. The van der Waals surface area contributed by atoms with Crippen LogP contribution >= 0.6 is 0 Å². The third-order valence-electron chi connectivity index (χ3n) is 4.45. The number of hydrogen-bond acceptors (Lipinski definition) is 2. The summed E-state index contributed by atoms with van der Waals surface area (Å²) >= 11 is 0. The Balaban J connectivity index is 3.02. The third kappa shape index (κ3) is 4.24. The molecule has 0 aromatic heterocycles. The van der Waals surface area contributed by atoms with Gasteiger partial charge in [0.05, 0.1) is 6.54 Å². The number of nitrogens with two attached hydrogens (primary N) is 1. The normalized spacial score (nSPS) is 12.9. The molecule has 4 heteroatoms. The van der Waals surface area contributed by atoms with Crippen LogP contribution in [0.2, 0.25) is 0 Å². The van der Waals surface area contributed by atoms with Crippen LogP contribution in [-0.2, 0) is 5.92 Å². The Morgan fingerprint density at radius 1 is 1.05 bits per heavy atom. The van der Waals surface area contributed by atoms with Crippen LogP contribution in [0.3, 0.4) is 0 Å². The summed E-state index contributed by atoms with van der Waals surface area (Å²) in [4.78, 5) is 1.89. The zero-order valence-electron chi connectivity index (χ0n) is 13.4. The van der Waals surface area contributed by atoms with E-state index < -0.39 is 5.92 Å². The van der Waals surface area contributed by atoms with Crippen molar-refractivity contribution in [2.45, 2.75) is 51.5 Å². The molecule has 21 heavy (non-hydrogen) atoms. The summed E-state index contributed by atoms with van der Waals surface area (Å²) in [7, 11) is 0. The van der Waals surface area contributed by atoms with Crippen molar-refractivity contribution in [2.24, 2.45) is 5.73 Å². The number of benzene rings is 1. The minimum absolute atomic E-state index is 0.0734. The Labute approximate surface area is 127 Å². The molecule has 2 nitrogen and oxygen atoms in total. The molecule has 0 fully saturated rings. The summed E-state index contributed by atoms with van der Waals surface area (Å²) in [6.07, 6.45) is 2.41. The van der Waals surface area contributed by atoms with Crippen LogP contribution < -0.4 is 5.73 Å². The van der Waals surface area contributed by atoms with Crippen LogP contribution in [0.4, 0.5) is 8.78 Å². The third-order valence-corrected chi connectivity index (χ3v) is 4.45. The first-order valence-corrected chi connectivity index (χ1v) is 7.84. The maximum atomic E-state index is 14.6. The predicted molar refractivity (Wildman–Crippen MR) is 84.6 cm³/mol. The Morgan fingerprint density at radius 3 is 2.05 bits per heavy atom. The topological polar surface area (TPSA) is 29.3 Å². The van der Waals surface area contributed by atoms with Gasteiger partial charge >= 0.3 is 0 Å². The summed E-state index contributed by atoms with van der Waals surface area (Å²) < 4.78 is 29.2. The van der Waals surface area contributed by atoms with Crippen LogP contribution in [0.15, 0.2) is 30.3 Å². The molecule has 0 unspecified atom stereocenters. The van der Waals surface area contributed by atoms with Crippen LogP contribution in [0.5, 0.6) is 0 Å². The van der Waals surface area contributed by atoms with Gasteiger partial charge in [0.1, 0.15) is 0 Å². The SMILES string of the molecule is CCCN(CC(F)(F)c1ccccc1)C(CC)(CC)CN. The lowest BCUT2D eigenvalue weighted by Crippen LogP contribution is -2.56. The highest BCUT2D eigenvalue weighted by atomic mass is 19.3. The molecule has 1 rings (SSSR count). The zero-order valence-corrected chi connectivity index (χ0v) is 13.4. The number of hydrogen-bond donors (Lipinski definition) is 1. The Hall–Kier alpha value is -1.00. The van der Waals surface area contributed by atoms with Crippen LogP contribution in [0, 0.1) is 0 Å². The second-order valence-electron chi connectivity index (χ2n) is 5.63. The van der Waals surface area contributed by atoms with Gasteiger partial charge in [-0.15, -0.1) is 0 Å². The van der Waals surface area contributed by atoms with E-state index in [-0.39, 0.29) is 17.6 Å². The molecule has 120 valence electrons. The molecule has 0 heterocycles. The molecule has 2 N–H and O–H groups in total. The number of halogens is 2. The van der Waals surface area contributed by atoms with Gasteiger partial charge in [-0.05, 0) is 25.8 Å². The molecule has 0 saturated heterocycles. The van der Waals surface area contributed by atoms with Crippen molar-refractivity contribution in [1.82, 2.24) is 4.90 Å². The molecular formula is C17H28F2N2. The van der Waals surface area contributed by atoms with E-state index >= 15 is 0 Å². The van der Waals surface area contributed by atoms with Crippen molar-refractivity contribution in [3.63, 3.8) is 0 Å². The van der Waals surface area contributed by atoms with E-state index in [9.17, 15) is 8.78 Å². The van der Waals surface area contributed by atoms with Gasteiger partial charge in [0.15, 0.2) is 0 Å². The lowest BCUT2D eigenvalue weighted by molar-refractivity contribution is -0.0688. The van der Waals surface area contributed by atoms with Gasteiger partial charge in [0, 0.05) is 17.6 Å². The summed E-state index contributed by atoms with van der Waals surface area (Å²) in [5.41, 5.74) is 5.67. The molecule has 0 aliphatic rings. The summed E-state index contributed by atoms with van der Waals surface area (Å²) in [5, 5.41) is 0. The number of alkyl halides is 2. The van der Waals surface area contributed by atoms with Gasteiger partial charge in [-0.1, -0.05) is 51.1 Å². The maximum Gasteiger partial charge on any atom is 0.285 e. The molecule has 1 aromatic rings. The first-order valence-electron chi connectivity index (χ1n) is 7.84. The maximum absolute atomic E-state index is 14.6. The van der Waals surface area contributed by atoms with Gasteiger partial charge in [0.25, 0.3) is 5.92 Å². The largest absolute Gasteiger partial charge is 0.329 e. The lowest BCUT2D eigenvalue weighted by atomic mass is 9.89. The highest BCUT2D eigenvalue weighted by Gasteiger charge is 2.40. The predicted octanol–water partition coefficient (Wildman–Crippen LogP) is 4.01. The van der Waals surface area contributed by atoms with Crippen molar-refractivity contribution in [1.29, 1.82) is 0 Å². The van der Waals surface area contributed by atoms with E-state index in [1.165, 1.54) is 12.1 Å². The van der Waals surface area contributed by atoms with Crippen molar-refractivity contribution >= 4 is 0 Å². The first-order chi connectivity index (χ1) is 9.95. The van der Waals surface area contributed by atoms with E-state index in [2.05, 4.69) is 0 Å². The molecule has 0 radical (unpaired) electrons.